The van der Waals surface area contributed by atoms with Crippen LogP contribution in [0.4, 0.5) is 4.79 Å². The van der Waals surface area contributed by atoms with Crippen LogP contribution in [0.1, 0.15) is 50.2 Å². The zero-order chi connectivity index (χ0) is 24.2. The number of rotatable bonds is 8. The fourth-order valence-electron chi connectivity index (χ4n) is 5.12. The zero-order valence-corrected chi connectivity index (χ0v) is 19.6. The lowest BCUT2D eigenvalue weighted by Gasteiger charge is -2.19. The molecule has 0 bridgehead atoms. The number of alkyl carbamates (subject to hydrolysis) is 1. The number of benzene rings is 2. The third kappa shape index (κ3) is 5.08. The Morgan fingerprint density at radius 3 is 2.21 bits per heavy atom. The number of amides is 2. The predicted molar refractivity (Wildman–Crippen MR) is 128 cm³/mol. The highest BCUT2D eigenvalue weighted by Gasteiger charge is 2.33. The van der Waals surface area contributed by atoms with Crippen molar-refractivity contribution in [2.45, 2.75) is 45.1 Å². The molecule has 4 rings (SSSR count). The van der Waals surface area contributed by atoms with Gasteiger partial charge in [-0.2, -0.15) is 0 Å². The van der Waals surface area contributed by atoms with E-state index in [1.165, 1.54) is 11.1 Å². The summed E-state index contributed by atoms with van der Waals surface area (Å²) in [6, 6.07) is 16.3. The lowest BCUT2D eigenvalue weighted by Crippen LogP contribution is -2.39. The molecule has 0 spiro atoms. The minimum absolute atomic E-state index is 0.00314. The highest BCUT2D eigenvalue weighted by Crippen LogP contribution is 2.44. The lowest BCUT2D eigenvalue weighted by atomic mass is 9.95. The molecule has 3 atom stereocenters. The van der Waals surface area contributed by atoms with Gasteiger partial charge in [-0.15, -0.1) is 0 Å². The number of aliphatic carboxylic acids is 1. The van der Waals surface area contributed by atoms with Gasteiger partial charge >= 0.3 is 12.1 Å². The molecule has 0 radical (unpaired) electrons. The molecule has 2 aromatic rings. The molecular weight excluding hydrogens is 432 g/mol. The molecule has 1 saturated carbocycles. The average Bonchev–Trinajstić information content (AvgIpc) is 3.40. The van der Waals surface area contributed by atoms with Crippen LogP contribution in [0.2, 0.25) is 0 Å². The van der Waals surface area contributed by atoms with E-state index in [1.807, 2.05) is 38.1 Å². The first-order valence-corrected chi connectivity index (χ1v) is 12.0. The largest absolute Gasteiger partial charge is 0.481 e. The monoisotopic (exact) mass is 464 g/mol. The zero-order valence-electron chi connectivity index (χ0n) is 19.6. The van der Waals surface area contributed by atoms with Gasteiger partial charge in [0, 0.05) is 24.4 Å². The Kier molecular flexibility index (Phi) is 7.20. The average molecular weight is 465 g/mol. The van der Waals surface area contributed by atoms with E-state index < -0.39 is 18.0 Å². The third-order valence-electron chi connectivity index (χ3n) is 7.09. The number of fused-ring (bicyclic) bond motifs is 3. The van der Waals surface area contributed by atoms with Crippen LogP contribution >= 0.6 is 0 Å². The van der Waals surface area contributed by atoms with Crippen LogP contribution in [-0.4, -0.2) is 42.3 Å². The van der Waals surface area contributed by atoms with Crippen molar-refractivity contribution in [1.82, 2.24) is 10.6 Å². The molecule has 7 heteroatoms. The van der Waals surface area contributed by atoms with Gasteiger partial charge in [0.15, 0.2) is 0 Å². The highest BCUT2D eigenvalue weighted by atomic mass is 16.5. The molecule has 2 aromatic carbocycles. The van der Waals surface area contributed by atoms with Crippen molar-refractivity contribution in [3.8, 4) is 11.1 Å². The molecule has 7 nitrogen and oxygen atoms in total. The number of nitrogens with one attached hydrogen (secondary N) is 2. The molecule has 0 aliphatic heterocycles. The summed E-state index contributed by atoms with van der Waals surface area (Å²) in [5.74, 6) is -1.96. The first-order chi connectivity index (χ1) is 16.3. The van der Waals surface area contributed by atoms with Crippen molar-refractivity contribution < 1.29 is 24.2 Å². The summed E-state index contributed by atoms with van der Waals surface area (Å²) in [6.07, 6.45) is 1.39. The van der Waals surface area contributed by atoms with Crippen LogP contribution in [0.5, 0.6) is 0 Å². The number of carboxylic acid groups (broad SMARTS) is 1. The van der Waals surface area contributed by atoms with Crippen molar-refractivity contribution in [3.63, 3.8) is 0 Å². The minimum atomic E-state index is -0.906. The number of carboxylic acids is 1. The fraction of sp³-hybridized carbons (Fsp3) is 0.444. The van der Waals surface area contributed by atoms with Crippen LogP contribution in [0.15, 0.2) is 48.5 Å². The van der Waals surface area contributed by atoms with Crippen LogP contribution in [0.25, 0.3) is 11.1 Å². The Balaban J connectivity index is 1.26. The first kappa shape index (κ1) is 23.8. The van der Waals surface area contributed by atoms with Gasteiger partial charge in [-0.1, -0.05) is 62.4 Å². The van der Waals surface area contributed by atoms with E-state index in [-0.39, 0.29) is 42.9 Å². The number of carbonyl (C=O) groups is 3. The fourth-order valence-corrected chi connectivity index (χ4v) is 5.12. The molecule has 1 fully saturated rings. The molecule has 0 aromatic heterocycles. The first-order valence-electron chi connectivity index (χ1n) is 12.0. The highest BCUT2D eigenvalue weighted by molar-refractivity contribution is 5.81. The molecule has 0 saturated heterocycles. The molecule has 0 heterocycles. The molecular formula is C27H32N2O5. The summed E-state index contributed by atoms with van der Waals surface area (Å²) < 4.78 is 5.61. The van der Waals surface area contributed by atoms with Gasteiger partial charge in [-0.05, 0) is 47.4 Å². The Hall–Kier alpha value is -3.35. The SMILES string of the molecule is CC(C)C(CNC(=O)[C@H]1CC[C@@H](NC(=O)OCC2c3ccccc3-c3ccccc32)C1)C(=O)O. The third-order valence-corrected chi connectivity index (χ3v) is 7.09. The van der Waals surface area contributed by atoms with E-state index in [2.05, 4.69) is 34.9 Å². The van der Waals surface area contributed by atoms with Crippen molar-refractivity contribution in [3.05, 3.63) is 59.7 Å². The number of carbonyl (C=O) groups excluding carboxylic acids is 2. The Bertz CT molecular complexity index is 1020. The second kappa shape index (κ2) is 10.3. The van der Waals surface area contributed by atoms with Crippen LogP contribution in [-0.2, 0) is 14.3 Å². The predicted octanol–water partition coefficient (Wildman–Crippen LogP) is 4.17. The Labute approximate surface area is 199 Å². The van der Waals surface area contributed by atoms with E-state index >= 15 is 0 Å². The molecule has 180 valence electrons. The van der Waals surface area contributed by atoms with Gasteiger partial charge < -0.3 is 20.5 Å². The van der Waals surface area contributed by atoms with E-state index in [1.54, 1.807) is 0 Å². The summed E-state index contributed by atoms with van der Waals surface area (Å²) in [7, 11) is 0. The summed E-state index contributed by atoms with van der Waals surface area (Å²) in [5.41, 5.74) is 4.68. The molecule has 1 unspecified atom stereocenters. The molecule has 34 heavy (non-hydrogen) atoms. The summed E-state index contributed by atoms with van der Waals surface area (Å²) in [5, 5.41) is 15.0. The van der Waals surface area contributed by atoms with Gasteiger partial charge in [-0.3, -0.25) is 9.59 Å². The van der Waals surface area contributed by atoms with Crippen molar-refractivity contribution in [2.24, 2.45) is 17.8 Å². The van der Waals surface area contributed by atoms with Crippen molar-refractivity contribution in [1.29, 1.82) is 0 Å². The smallest absolute Gasteiger partial charge is 0.407 e. The standard InChI is InChI=1S/C27H32N2O5/c1-16(2)23(26(31)32)14-28-25(30)17-11-12-18(13-17)29-27(33)34-15-24-21-9-5-3-7-19(21)20-8-4-6-10-22(20)24/h3-10,16-18,23-24H,11-15H2,1-2H3,(H,28,30)(H,29,33)(H,31,32)/t17-,18+,23?/m0/s1. The maximum absolute atomic E-state index is 12.5. The van der Waals surface area contributed by atoms with E-state index in [0.717, 1.165) is 11.1 Å². The van der Waals surface area contributed by atoms with Gasteiger partial charge in [0.05, 0.1) is 5.92 Å². The normalized spacial score (nSPS) is 19.9. The number of hydrogen-bond acceptors (Lipinski definition) is 4. The van der Waals surface area contributed by atoms with Gasteiger partial charge in [0.25, 0.3) is 0 Å². The van der Waals surface area contributed by atoms with Crippen LogP contribution in [0, 0.1) is 17.8 Å². The van der Waals surface area contributed by atoms with E-state index in [9.17, 15) is 19.5 Å². The Morgan fingerprint density at radius 2 is 1.62 bits per heavy atom. The summed E-state index contributed by atoms with van der Waals surface area (Å²) in [4.78, 5) is 36.4. The van der Waals surface area contributed by atoms with Crippen LogP contribution in [0.3, 0.4) is 0 Å². The van der Waals surface area contributed by atoms with Gasteiger partial charge in [0.2, 0.25) is 5.91 Å². The van der Waals surface area contributed by atoms with Crippen molar-refractivity contribution >= 4 is 18.0 Å². The van der Waals surface area contributed by atoms with E-state index in [4.69, 9.17) is 4.74 Å². The second-order valence-corrected chi connectivity index (χ2v) is 9.61. The second-order valence-electron chi connectivity index (χ2n) is 9.61. The molecule has 2 aliphatic carbocycles. The molecule has 2 amide bonds. The summed E-state index contributed by atoms with van der Waals surface area (Å²) in [6.45, 7) is 4.03. The number of ether oxygens (including phenoxy) is 1. The minimum Gasteiger partial charge on any atom is -0.481 e. The van der Waals surface area contributed by atoms with Crippen LogP contribution < -0.4 is 10.6 Å². The maximum Gasteiger partial charge on any atom is 0.407 e. The lowest BCUT2D eigenvalue weighted by molar-refractivity contribution is -0.143. The van der Waals surface area contributed by atoms with Crippen molar-refractivity contribution in [2.75, 3.05) is 13.2 Å². The quantitative estimate of drug-likeness (QED) is 0.544. The molecule has 3 N–H and O–H groups in total. The van der Waals surface area contributed by atoms with E-state index in [0.29, 0.717) is 19.3 Å². The Morgan fingerprint density at radius 1 is 1.00 bits per heavy atom. The van der Waals surface area contributed by atoms with Gasteiger partial charge in [0.1, 0.15) is 6.61 Å². The molecule has 2 aliphatic rings. The topological polar surface area (TPSA) is 105 Å². The number of hydrogen-bond donors (Lipinski definition) is 3. The van der Waals surface area contributed by atoms with Gasteiger partial charge in [-0.25, -0.2) is 4.79 Å². The maximum atomic E-state index is 12.5. The summed E-state index contributed by atoms with van der Waals surface area (Å²) >= 11 is 0.